The van der Waals surface area contributed by atoms with Gasteiger partial charge in [-0.2, -0.15) is 0 Å². The molecule has 0 radical (unpaired) electrons. The second kappa shape index (κ2) is 5.02. The molecule has 0 heterocycles. The van der Waals surface area contributed by atoms with Gasteiger partial charge in [-0.25, -0.2) is 9.18 Å². The zero-order valence-electron chi connectivity index (χ0n) is 10.2. The molecule has 0 atom stereocenters. The van der Waals surface area contributed by atoms with E-state index < -0.39 is 11.8 Å². The van der Waals surface area contributed by atoms with E-state index in [9.17, 15) is 14.0 Å². The van der Waals surface area contributed by atoms with Crippen LogP contribution in [0.15, 0.2) is 42.5 Å². The molecule has 0 unspecified atom stereocenters. The van der Waals surface area contributed by atoms with E-state index in [1.165, 1.54) is 13.0 Å². The van der Waals surface area contributed by atoms with E-state index in [0.717, 1.165) is 12.1 Å². The number of Topliss-reactive ketones (excluding diaryl/α,β-unsaturated/α-hetero) is 1. The minimum absolute atomic E-state index is 0.00195. The summed E-state index contributed by atoms with van der Waals surface area (Å²) in [5.41, 5.74) is 1.22. The van der Waals surface area contributed by atoms with Crippen LogP contribution in [0.3, 0.4) is 0 Å². The predicted molar refractivity (Wildman–Crippen MR) is 68.8 cm³/mol. The van der Waals surface area contributed by atoms with Crippen LogP contribution in [0.2, 0.25) is 0 Å². The lowest BCUT2D eigenvalue weighted by molar-refractivity contribution is 0.0697. The number of carbonyl (C=O) groups is 2. The molecule has 0 aliphatic heterocycles. The standard InChI is InChI=1S/C15H11FO3/c1-9(17)10-3-2-4-11(7-10)14-8-12(16)5-6-13(14)15(18)19/h2-8H,1H3,(H,18,19). The van der Waals surface area contributed by atoms with Gasteiger partial charge in [-0.3, -0.25) is 4.79 Å². The molecule has 2 rings (SSSR count). The molecule has 2 aromatic carbocycles. The summed E-state index contributed by atoms with van der Waals surface area (Å²) in [5.74, 6) is -1.79. The van der Waals surface area contributed by atoms with Crippen molar-refractivity contribution in [2.24, 2.45) is 0 Å². The van der Waals surface area contributed by atoms with Crippen molar-refractivity contribution in [3.05, 3.63) is 59.4 Å². The fourth-order valence-electron chi connectivity index (χ4n) is 1.85. The first-order valence-electron chi connectivity index (χ1n) is 5.63. The lowest BCUT2D eigenvalue weighted by Crippen LogP contribution is -2.01. The molecule has 0 aliphatic rings. The van der Waals surface area contributed by atoms with Crippen molar-refractivity contribution in [3.63, 3.8) is 0 Å². The van der Waals surface area contributed by atoms with Gasteiger partial charge in [0.2, 0.25) is 0 Å². The fraction of sp³-hybridized carbons (Fsp3) is 0.0667. The Balaban J connectivity index is 2.64. The number of rotatable bonds is 3. The molecule has 96 valence electrons. The first-order chi connectivity index (χ1) is 8.99. The van der Waals surface area contributed by atoms with E-state index in [1.54, 1.807) is 24.3 Å². The molecule has 0 spiro atoms. The molecule has 0 aliphatic carbocycles. The summed E-state index contributed by atoms with van der Waals surface area (Å²) >= 11 is 0. The average Bonchev–Trinajstić information content (AvgIpc) is 2.38. The number of benzene rings is 2. The topological polar surface area (TPSA) is 54.4 Å². The van der Waals surface area contributed by atoms with Crippen LogP contribution in [0.25, 0.3) is 11.1 Å². The molecular formula is C15H11FO3. The Bertz CT molecular complexity index is 662. The van der Waals surface area contributed by atoms with Crippen LogP contribution in [-0.4, -0.2) is 16.9 Å². The quantitative estimate of drug-likeness (QED) is 0.858. The molecule has 0 amide bonds. The molecule has 0 aromatic heterocycles. The fourth-order valence-corrected chi connectivity index (χ4v) is 1.85. The highest BCUT2D eigenvalue weighted by Gasteiger charge is 2.13. The molecule has 0 saturated carbocycles. The summed E-state index contributed by atoms with van der Waals surface area (Å²) in [6.45, 7) is 1.42. The van der Waals surface area contributed by atoms with Crippen LogP contribution in [0.1, 0.15) is 27.6 Å². The Morgan fingerprint density at radius 2 is 1.84 bits per heavy atom. The van der Waals surface area contributed by atoms with Gasteiger partial charge in [0.05, 0.1) is 5.56 Å². The largest absolute Gasteiger partial charge is 0.478 e. The monoisotopic (exact) mass is 258 g/mol. The van der Waals surface area contributed by atoms with Gasteiger partial charge >= 0.3 is 5.97 Å². The number of carboxylic acid groups (broad SMARTS) is 1. The van der Waals surface area contributed by atoms with Crippen LogP contribution >= 0.6 is 0 Å². The van der Waals surface area contributed by atoms with Gasteiger partial charge in [0.1, 0.15) is 5.82 Å². The highest BCUT2D eigenvalue weighted by molar-refractivity contribution is 5.98. The zero-order chi connectivity index (χ0) is 14.0. The van der Waals surface area contributed by atoms with E-state index >= 15 is 0 Å². The normalized spacial score (nSPS) is 10.2. The third-order valence-corrected chi connectivity index (χ3v) is 2.79. The molecular weight excluding hydrogens is 247 g/mol. The van der Waals surface area contributed by atoms with E-state index in [1.807, 2.05) is 0 Å². The molecule has 1 N–H and O–H groups in total. The maximum absolute atomic E-state index is 13.3. The summed E-state index contributed by atoms with van der Waals surface area (Å²) in [4.78, 5) is 22.5. The van der Waals surface area contributed by atoms with E-state index in [0.29, 0.717) is 11.1 Å². The number of aromatic carboxylic acids is 1. The third kappa shape index (κ3) is 2.68. The van der Waals surface area contributed by atoms with Crippen molar-refractivity contribution >= 4 is 11.8 Å². The van der Waals surface area contributed by atoms with Gasteiger partial charge in [0.15, 0.2) is 5.78 Å². The number of hydrogen-bond donors (Lipinski definition) is 1. The zero-order valence-corrected chi connectivity index (χ0v) is 10.2. The second-order valence-corrected chi connectivity index (χ2v) is 4.13. The van der Waals surface area contributed by atoms with E-state index in [-0.39, 0.29) is 16.9 Å². The SMILES string of the molecule is CC(=O)c1cccc(-c2cc(F)ccc2C(=O)O)c1. The van der Waals surface area contributed by atoms with Crippen molar-refractivity contribution in [2.75, 3.05) is 0 Å². The molecule has 0 bridgehead atoms. The summed E-state index contributed by atoms with van der Waals surface area (Å²) in [5, 5.41) is 9.11. The Hall–Kier alpha value is -2.49. The maximum Gasteiger partial charge on any atom is 0.336 e. The number of carbonyl (C=O) groups excluding carboxylic acids is 1. The highest BCUT2D eigenvalue weighted by Crippen LogP contribution is 2.26. The molecule has 0 fully saturated rings. The first kappa shape index (κ1) is 13.0. The van der Waals surface area contributed by atoms with Crippen molar-refractivity contribution in [1.82, 2.24) is 0 Å². The minimum Gasteiger partial charge on any atom is -0.478 e. The Labute approximate surface area is 109 Å². The average molecular weight is 258 g/mol. The van der Waals surface area contributed by atoms with Crippen molar-refractivity contribution in [3.8, 4) is 11.1 Å². The van der Waals surface area contributed by atoms with Crippen molar-refractivity contribution < 1.29 is 19.1 Å². The van der Waals surface area contributed by atoms with Crippen molar-refractivity contribution in [2.45, 2.75) is 6.92 Å². The maximum atomic E-state index is 13.3. The molecule has 19 heavy (non-hydrogen) atoms. The minimum atomic E-state index is -1.14. The van der Waals surface area contributed by atoms with Crippen LogP contribution in [0.4, 0.5) is 4.39 Å². The van der Waals surface area contributed by atoms with Crippen molar-refractivity contribution in [1.29, 1.82) is 0 Å². The van der Waals surface area contributed by atoms with Crippen LogP contribution in [0, 0.1) is 5.82 Å². The van der Waals surface area contributed by atoms with Gasteiger partial charge in [0, 0.05) is 5.56 Å². The number of hydrogen-bond acceptors (Lipinski definition) is 2. The van der Waals surface area contributed by atoms with E-state index in [4.69, 9.17) is 5.11 Å². The molecule has 3 nitrogen and oxygen atoms in total. The molecule has 0 saturated heterocycles. The number of carboxylic acids is 1. The smallest absolute Gasteiger partial charge is 0.336 e. The molecule has 4 heteroatoms. The Kier molecular flexibility index (Phi) is 3.42. The van der Waals surface area contributed by atoms with Crippen LogP contribution in [-0.2, 0) is 0 Å². The predicted octanol–water partition coefficient (Wildman–Crippen LogP) is 3.39. The second-order valence-electron chi connectivity index (χ2n) is 4.13. The highest BCUT2D eigenvalue weighted by atomic mass is 19.1. The summed E-state index contributed by atoms with van der Waals surface area (Å²) in [7, 11) is 0. The van der Waals surface area contributed by atoms with Gasteiger partial charge in [-0.15, -0.1) is 0 Å². The van der Waals surface area contributed by atoms with Gasteiger partial charge < -0.3 is 5.11 Å². The lowest BCUT2D eigenvalue weighted by atomic mass is 9.97. The molecule has 2 aromatic rings. The Morgan fingerprint density at radius 3 is 2.47 bits per heavy atom. The van der Waals surface area contributed by atoms with Crippen LogP contribution < -0.4 is 0 Å². The lowest BCUT2D eigenvalue weighted by Gasteiger charge is -2.07. The van der Waals surface area contributed by atoms with Gasteiger partial charge in [0.25, 0.3) is 0 Å². The van der Waals surface area contributed by atoms with Gasteiger partial charge in [-0.05, 0) is 42.3 Å². The Morgan fingerprint density at radius 1 is 1.11 bits per heavy atom. The van der Waals surface area contributed by atoms with E-state index in [2.05, 4.69) is 0 Å². The van der Waals surface area contributed by atoms with Crippen LogP contribution in [0.5, 0.6) is 0 Å². The first-order valence-corrected chi connectivity index (χ1v) is 5.63. The van der Waals surface area contributed by atoms with Gasteiger partial charge in [-0.1, -0.05) is 18.2 Å². The summed E-state index contributed by atoms with van der Waals surface area (Å²) < 4.78 is 13.3. The number of halogens is 1. The summed E-state index contributed by atoms with van der Waals surface area (Å²) in [6, 6.07) is 9.95. The number of ketones is 1. The summed E-state index contributed by atoms with van der Waals surface area (Å²) in [6.07, 6.45) is 0. The third-order valence-electron chi connectivity index (χ3n) is 2.79.